The van der Waals surface area contributed by atoms with Gasteiger partial charge in [-0.3, -0.25) is 0 Å². The molecule has 0 spiro atoms. The van der Waals surface area contributed by atoms with Gasteiger partial charge in [-0.2, -0.15) is 0 Å². The molecule has 1 heterocycles. The summed E-state index contributed by atoms with van der Waals surface area (Å²) in [6.07, 6.45) is 0.862. The molecule has 88 valence electrons. The molecule has 0 saturated carbocycles. The highest BCUT2D eigenvalue weighted by molar-refractivity contribution is 6.00. The molecule has 15 heavy (non-hydrogen) atoms. The van der Waals surface area contributed by atoms with Crippen LogP contribution in [0.5, 0.6) is 0 Å². The van der Waals surface area contributed by atoms with E-state index in [0.717, 1.165) is 6.42 Å². The van der Waals surface area contributed by atoms with Gasteiger partial charge >= 0.3 is 5.97 Å². The average Bonchev–Trinajstić information content (AvgIpc) is 2.12. The van der Waals surface area contributed by atoms with Gasteiger partial charge in [0.25, 0.3) is 0 Å². The number of rotatable bonds is 1. The van der Waals surface area contributed by atoms with Gasteiger partial charge in [0.1, 0.15) is 10.5 Å². The normalized spacial score (nSPS) is 37.8. The molecule has 0 radical (unpaired) electrons. The minimum absolute atomic E-state index is 0.0194. The molecule has 0 aliphatic carbocycles. The molecular formula is C11H22O3Si. The monoisotopic (exact) mass is 230 g/mol. The number of cyclic esters (lactones) is 1. The molecule has 0 bridgehead atoms. The van der Waals surface area contributed by atoms with Gasteiger partial charge in [0.05, 0.1) is 6.61 Å². The van der Waals surface area contributed by atoms with Gasteiger partial charge in [0.2, 0.25) is 0 Å². The summed E-state index contributed by atoms with van der Waals surface area (Å²) in [5, 5.41) is 0. The quantitative estimate of drug-likeness (QED) is 0.499. The Bertz CT molecular complexity index is 271. The lowest BCUT2D eigenvalue weighted by molar-refractivity contribution is -0.201. The van der Waals surface area contributed by atoms with Crippen LogP contribution in [0.1, 0.15) is 41.0 Å². The zero-order chi connectivity index (χ0) is 11.9. The van der Waals surface area contributed by atoms with E-state index >= 15 is 0 Å². The Morgan fingerprint density at radius 3 is 2.27 bits per heavy atom. The summed E-state index contributed by atoms with van der Waals surface area (Å²) < 4.78 is 10.7. The van der Waals surface area contributed by atoms with Crippen LogP contribution in [0, 0.1) is 10.8 Å². The third kappa shape index (κ3) is 1.64. The summed E-state index contributed by atoms with van der Waals surface area (Å²) in [5.74, 6) is -0.207. The molecule has 1 fully saturated rings. The summed E-state index contributed by atoms with van der Waals surface area (Å²) in [5.41, 5.74) is -0.932. The fourth-order valence-corrected chi connectivity index (χ4v) is 2.97. The number of hydrogen-bond acceptors (Lipinski definition) is 3. The van der Waals surface area contributed by atoms with E-state index in [1.54, 1.807) is 0 Å². The third-order valence-corrected chi connectivity index (χ3v) is 5.16. The van der Waals surface area contributed by atoms with Crippen LogP contribution in [-0.2, 0) is 14.0 Å². The Balaban J connectivity index is 3.20. The van der Waals surface area contributed by atoms with Crippen LogP contribution in [-0.4, -0.2) is 28.7 Å². The standard InChI is InChI=1S/C11H22O3Si/c1-9(2,3)10(4)6-7-13-8(12)11(10,5)14-15/h6-7H2,1-5,15H3/t10?,11-/m0/s1. The van der Waals surface area contributed by atoms with Crippen LogP contribution in [0.4, 0.5) is 0 Å². The summed E-state index contributed by atoms with van der Waals surface area (Å²) in [4.78, 5) is 11.9. The Kier molecular flexibility index (Phi) is 3.05. The lowest BCUT2D eigenvalue weighted by atomic mass is 9.57. The van der Waals surface area contributed by atoms with Gasteiger partial charge in [-0.15, -0.1) is 0 Å². The summed E-state index contributed by atoms with van der Waals surface area (Å²) in [6.45, 7) is 11.0. The zero-order valence-electron chi connectivity index (χ0n) is 10.6. The van der Waals surface area contributed by atoms with E-state index in [4.69, 9.17) is 9.16 Å². The first-order valence-corrected chi connectivity index (χ1v) is 6.23. The van der Waals surface area contributed by atoms with Crippen LogP contribution in [0.3, 0.4) is 0 Å². The molecule has 1 aliphatic rings. The van der Waals surface area contributed by atoms with Gasteiger partial charge in [-0.05, 0) is 18.8 Å². The lowest BCUT2D eigenvalue weighted by Crippen LogP contribution is -2.61. The van der Waals surface area contributed by atoms with Gasteiger partial charge in [-0.25, -0.2) is 4.79 Å². The smallest absolute Gasteiger partial charge is 0.337 e. The Labute approximate surface area is 95.1 Å². The zero-order valence-corrected chi connectivity index (χ0v) is 12.6. The fraction of sp³-hybridized carbons (Fsp3) is 0.909. The molecule has 1 saturated heterocycles. The Morgan fingerprint density at radius 2 is 1.93 bits per heavy atom. The second-order valence-electron chi connectivity index (χ2n) is 5.71. The Hall–Kier alpha value is -0.353. The molecule has 0 N–H and O–H groups in total. The number of carbonyl (C=O) groups excluding carboxylic acids is 1. The maximum atomic E-state index is 11.9. The van der Waals surface area contributed by atoms with E-state index < -0.39 is 5.60 Å². The van der Waals surface area contributed by atoms with E-state index in [0.29, 0.717) is 17.1 Å². The van der Waals surface area contributed by atoms with E-state index in [1.807, 2.05) is 6.92 Å². The Morgan fingerprint density at radius 1 is 1.40 bits per heavy atom. The highest BCUT2D eigenvalue weighted by Gasteiger charge is 2.59. The predicted molar refractivity (Wildman–Crippen MR) is 62.6 cm³/mol. The highest BCUT2D eigenvalue weighted by Crippen LogP contribution is 2.52. The second kappa shape index (κ2) is 3.59. The van der Waals surface area contributed by atoms with Crippen molar-refractivity contribution in [3.8, 4) is 0 Å². The lowest BCUT2D eigenvalue weighted by Gasteiger charge is -2.54. The van der Waals surface area contributed by atoms with Crippen LogP contribution in [0.25, 0.3) is 0 Å². The van der Waals surface area contributed by atoms with Gasteiger partial charge in [-0.1, -0.05) is 27.7 Å². The first-order valence-electron chi connectivity index (χ1n) is 5.41. The van der Waals surface area contributed by atoms with Crippen LogP contribution >= 0.6 is 0 Å². The molecule has 0 amide bonds. The van der Waals surface area contributed by atoms with Crippen molar-refractivity contribution in [2.45, 2.75) is 46.6 Å². The van der Waals surface area contributed by atoms with Crippen molar-refractivity contribution in [3.05, 3.63) is 0 Å². The van der Waals surface area contributed by atoms with Gasteiger partial charge in [0.15, 0.2) is 5.60 Å². The highest BCUT2D eigenvalue weighted by atomic mass is 28.2. The topological polar surface area (TPSA) is 35.5 Å². The molecule has 3 nitrogen and oxygen atoms in total. The van der Waals surface area contributed by atoms with Crippen LogP contribution < -0.4 is 0 Å². The largest absolute Gasteiger partial charge is 0.464 e. The van der Waals surface area contributed by atoms with Gasteiger partial charge < -0.3 is 9.16 Å². The average molecular weight is 230 g/mol. The molecule has 1 rings (SSSR count). The second-order valence-corrected chi connectivity index (χ2v) is 6.11. The molecule has 2 atom stereocenters. The summed E-state index contributed by atoms with van der Waals surface area (Å²) in [7, 11) is 0.547. The van der Waals surface area contributed by atoms with Crippen LogP contribution in [0.2, 0.25) is 0 Å². The fourth-order valence-electron chi connectivity index (χ4n) is 2.35. The van der Waals surface area contributed by atoms with E-state index in [2.05, 4.69) is 27.7 Å². The van der Waals surface area contributed by atoms with E-state index in [1.165, 1.54) is 0 Å². The molecule has 1 unspecified atom stereocenters. The first-order chi connectivity index (χ1) is 6.69. The van der Waals surface area contributed by atoms with E-state index in [-0.39, 0.29) is 16.8 Å². The minimum Gasteiger partial charge on any atom is -0.464 e. The third-order valence-electron chi connectivity index (χ3n) is 4.34. The molecule has 0 aromatic carbocycles. The van der Waals surface area contributed by atoms with Crippen molar-refractivity contribution >= 4 is 16.5 Å². The van der Waals surface area contributed by atoms with E-state index in [9.17, 15) is 4.79 Å². The molecule has 0 aromatic heterocycles. The van der Waals surface area contributed by atoms with Crippen LogP contribution in [0.15, 0.2) is 0 Å². The SMILES string of the molecule is CC(C)(C)C1(C)CCOC(=O)[C@]1(C)O[SiH3]. The van der Waals surface area contributed by atoms with Crippen molar-refractivity contribution in [2.24, 2.45) is 10.8 Å². The first kappa shape index (κ1) is 12.7. The molecular weight excluding hydrogens is 208 g/mol. The van der Waals surface area contributed by atoms with Crippen molar-refractivity contribution in [3.63, 3.8) is 0 Å². The van der Waals surface area contributed by atoms with Crippen molar-refractivity contribution < 1.29 is 14.0 Å². The molecule has 1 aliphatic heterocycles. The minimum atomic E-state index is -0.782. The van der Waals surface area contributed by atoms with Crippen molar-refractivity contribution in [2.75, 3.05) is 6.61 Å². The van der Waals surface area contributed by atoms with Crippen molar-refractivity contribution in [1.82, 2.24) is 0 Å². The number of hydrogen-bond donors (Lipinski definition) is 0. The molecule has 4 heteroatoms. The predicted octanol–water partition coefficient (Wildman–Crippen LogP) is 1.04. The maximum absolute atomic E-state index is 11.9. The number of esters is 1. The number of carbonyl (C=O) groups is 1. The maximum Gasteiger partial charge on any atom is 0.337 e. The van der Waals surface area contributed by atoms with Gasteiger partial charge in [0, 0.05) is 5.41 Å². The molecule has 0 aromatic rings. The summed E-state index contributed by atoms with van der Waals surface area (Å²) >= 11 is 0. The van der Waals surface area contributed by atoms with Crippen molar-refractivity contribution in [1.29, 1.82) is 0 Å². The number of ether oxygens (including phenoxy) is 1. The summed E-state index contributed by atoms with van der Waals surface area (Å²) in [6, 6.07) is 0.